The van der Waals surface area contributed by atoms with Crippen LogP contribution in [0.2, 0.25) is 5.02 Å². The molecule has 0 aliphatic carbocycles. The molecule has 0 spiro atoms. The van der Waals surface area contributed by atoms with E-state index in [1.807, 2.05) is 21.9 Å². The Labute approximate surface area is 240 Å². The van der Waals surface area contributed by atoms with Gasteiger partial charge in [0.15, 0.2) is 12.1 Å². The maximum absolute atomic E-state index is 14.6. The van der Waals surface area contributed by atoms with E-state index in [0.29, 0.717) is 87.0 Å². The van der Waals surface area contributed by atoms with Crippen molar-refractivity contribution in [3.05, 3.63) is 64.9 Å². The van der Waals surface area contributed by atoms with Gasteiger partial charge in [0.05, 0.1) is 24.2 Å². The first-order valence-corrected chi connectivity index (χ1v) is 13.8. The Morgan fingerprint density at radius 1 is 1.02 bits per heavy atom. The molecule has 0 bridgehead atoms. The smallest absolute Gasteiger partial charge is 0.314 e. The van der Waals surface area contributed by atoms with Crippen LogP contribution in [0.5, 0.6) is 0 Å². The van der Waals surface area contributed by atoms with Crippen molar-refractivity contribution in [2.24, 2.45) is 15.7 Å². The standard InChI is InChI=1S/C27H30ClF2N9O2/c28-19-7-5-18(6-8-19)17-38-26(37-11-9-35(10-12-37)24(31)40)33-25(36-13-15-41-16-14-36)34-27(38)39-21-4-2-1-3-20(21)32-23(39)22(29)30/h1-8,22,26H,9-17H2,(H2,31,40). The van der Waals surface area contributed by atoms with Crippen LogP contribution in [0.3, 0.4) is 0 Å². The first kappa shape index (κ1) is 27.4. The Morgan fingerprint density at radius 2 is 1.73 bits per heavy atom. The number of piperazine rings is 1. The molecule has 3 aliphatic heterocycles. The number of urea groups is 1. The average Bonchev–Trinajstić information content (AvgIpc) is 3.39. The summed E-state index contributed by atoms with van der Waals surface area (Å²) >= 11 is 6.16. The second kappa shape index (κ2) is 11.6. The monoisotopic (exact) mass is 585 g/mol. The van der Waals surface area contributed by atoms with Crippen molar-refractivity contribution >= 4 is 40.6 Å². The Kier molecular flexibility index (Phi) is 7.73. The van der Waals surface area contributed by atoms with Gasteiger partial charge in [-0.1, -0.05) is 35.9 Å². The number of morpholine rings is 1. The molecule has 0 radical (unpaired) electrons. The number of alkyl halides is 2. The van der Waals surface area contributed by atoms with Gasteiger partial charge in [-0.2, -0.15) is 4.99 Å². The number of hydrogen-bond donors (Lipinski definition) is 1. The number of ether oxygens (including phenoxy) is 1. The molecule has 3 aliphatic rings. The minimum Gasteiger partial charge on any atom is -0.378 e. The van der Waals surface area contributed by atoms with E-state index in [2.05, 4.69) is 9.88 Å². The molecular weight excluding hydrogens is 556 g/mol. The lowest BCUT2D eigenvalue weighted by Gasteiger charge is -2.45. The molecule has 4 heterocycles. The second-order valence-corrected chi connectivity index (χ2v) is 10.4. The van der Waals surface area contributed by atoms with Gasteiger partial charge in [-0.3, -0.25) is 9.47 Å². The third-order valence-corrected chi connectivity index (χ3v) is 7.71. The van der Waals surface area contributed by atoms with Gasteiger partial charge in [-0.25, -0.2) is 23.6 Å². The minimum atomic E-state index is -2.84. The van der Waals surface area contributed by atoms with E-state index in [0.717, 1.165) is 5.56 Å². The van der Waals surface area contributed by atoms with Gasteiger partial charge < -0.3 is 25.2 Å². The molecule has 0 saturated carbocycles. The number of aliphatic imine (C=N–C) groups is 2. The lowest BCUT2D eigenvalue weighted by molar-refractivity contribution is 0.0431. The number of aromatic nitrogens is 2. The topological polar surface area (TPSA) is 108 Å². The van der Waals surface area contributed by atoms with E-state index in [1.54, 1.807) is 41.3 Å². The Hall–Kier alpha value is -3.81. The van der Waals surface area contributed by atoms with Crippen molar-refractivity contribution < 1.29 is 18.3 Å². The maximum Gasteiger partial charge on any atom is 0.314 e. The van der Waals surface area contributed by atoms with Crippen LogP contribution in [0.4, 0.5) is 13.6 Å². The highest BCUT2D eigenvalue weighted by Gasteiger charge is 2.38. The molecule has 1 unspecified atom stereocenters. The summed E-state index contributed by atoms with van der Waals surface area (Å²) in [5.41, 5.74) is 7.40. The van der Waals surface area contributed by atoms with E-state index in [1.165, 1.54) is 4.57 Å². The number of nitrogens with zero attached hydrogens (tertiary/aromatic N) is 8. The molecule has 2 amide bonds. The van der Waals surface area contributed by atoms with E-state index in [9.17, 15) is 13.6 Å². The summed E-state index contributed by atoms with van der Waals surface area (Å²) < 4.78 is 36.1. The van der Waals surface area contributed by atoms with Crippen molar-refractivity contribution in [3.8, 4) is 0 Å². The van der Waals surface area contributed by atoms with Crippen molar-refractivity contribution in [1.29, 1.82) is 0 Å². The summed E-state index contributed by atoms with van der Waals surface area (Å²) in [7, 11) is 0. The lowest BCUT2D eigenvalue weighted by Crippen LogP contribution is -2.60. The molecule has 2 N–H and O–H groups in total. The van der Waals surface area contributed by atoms with Crippen LogP contribution in [0.15, 0.2) is 58.5 Å². The summed E-state index contributed by atoms with van der Waals surface area (Å²) in [5, 5.41) is 0.591. The van der Waals surface area contributed by atoms with Gasteiger partial charge in [-0.15, -0.1) is 0 Å². The molecular formula is C27H30ClF2N9O2. The zero-order valence-electron chi connectivity index (χ0n) is 22.2. The number of fused-ring (bicyclic) bond motifs is 1. The van der Waals surface area contributed by atoms with Gasteiger partial charge in [-0.05, 0) is 29.8 Å². The highest BCUT2D eigenvalue weighted by Crippen LogP contribution is 2.29. The Balaban J connectivity index is 1.49. The van der Waals surface area contributed by atoms with Gasteiger partial charge in [0.2, 0.25) is 11.9 Å². The van der Waals surface area contributed by atoms with Crippen molar-refractivity contribution in [3.63, 3.8) is 0 Å². The number of carbonyl (C=O) groups is 1. The fraction of sp³-hybridized carbons (Fsp3) is 0.407. The van der Waals surface area contributed by atoms with Gasteiger partial charge in [0, 0.05) is 50.8 Å². The highest BCUT2D eigenvalue weighted by atomic mass is 35.5. The predicted octanol–water partition coefficient (Wildman–Crippen LogP) is 3.02. The fourth-order valence-electron chi connectivity index (χ4n) is 5.35. The quantitative estimate of drug-likeness (QED) is 0.504. The van der Waals surface area contributed by atoms with Crippen LogP contribution in [0, 0.1) is 0 Å². The molecule has 11 nitrogen and oxygen atoms in total. The highest BCUT2D eigenvalue weighted by molar-refractivity contribution is 6.30. The third kappa shape index (κ3) is 5.56. The molecule has 3 aromatic rings. The lowest BCUT2D eigenvalue weighted by atomic mass is 10.2. The van der Waals surface area contributed by atoms with Gasteiger partial charge >= 0.3 is 6.03 Å². The number of nitrogens with two attached hydrogens (primary N) is 1. The summed E-state index contributed by atoms with van der Waals surface area (Å²) in [6.45, 7) is 4.30. The first-order chi connectivity index (χ1) is 19.9. The number of guanidine groups is 1. The molecule has 1 aromatic heterocycles. The normalized spacial score (nSPS) is 20.5. The summed E-state index contributed by atoms with van der Waals surface area (Å²) in [6.07, 6.45) is -3.44. The van der Waals surface area contributed by atoms with Gasteiger partial charge in [0.1, 0.15) is 0 Å². The molecule has 6 rings (SSSR count). The summed E-state index contributed by atoms with van der Waals surface area (Å²) in [5.74, 6) is 0.338. The fourth-order valence-corrected chi connectivity index (χ4v) is 5.47. The molecule has 216 valence electrons. The van der Waals surface area contributed by atoms with Crippen LogP contribution in [-0.2, 0) is 11.3 Å². The summed E-state index contributed by atoms with van der Waals surface area (Å²) in [6, 6.07) is 13.9. The number of hydrogen-bond acceptors (Lipinski definition) is 8. The summed E-state index contributed by atoms with van der Waals surface area (Å²) in [4.78, 5) is 33.8. The van der Waals surface area contributed by atoms with Crippen molar-refractivity contribution in [1.82, 2.24) is 29.2 Å². The van der Waals surface area contributed by atoms with E-state index in [-0.39, 0.29) is 0 Å². The van der Waals surface area contributed by atoms with E-state index < -0.39 is 24.6 Å². The predicted molar refractivity (Wildman–Crippen MR) is 151 cm³/mol. The molecule has 41 heavy (non-hydrogen) atoms. The van der Waals surface area contributed by atoms with Crippen molar-refractivity contribution in [2.45, 2.75) is 19.3 Å². The Bertz CT molecular complexity index is 1470. The number of carbonyl (C=O) groups excluding carboxylic acids is 1. The van der Waals surface area contributed by atoms with E-state index in [4.69, 9.17) is 32.1 Å². The number of imidazole rings is 1. The zero-order valence-corrected chi connectivity index (χ0v) is 23.0. The Morgan fingerprint density at radius 3 is 2.41 bits per heavy atom. The average molecular weight is 586 g/mol. The number of rotatable bonds is 4. The largest absolute Gasteiger partial charge is 0.378 e. The zero-order chi connectivity index (χ0) is 28.5. The first-order valence-electron chi connectivity index (χ1n) is 13.4. The molecule has 2 saturated heterocycles. The van der Waals surface area contributed by atoms with Crippen LogP contribution in [0.25, 0.3) is 11.0 Å². The SMILES string of the molecule is NC(=O)N1CCN(C2N=C(N3CCOCC3)N=C(n3c(C(F)F)nc4ccccc43)N2Cc2ccc(Cl)cc2)CC1. The number of para-hydroxylation sites is 2. The molecule has 2 aromatic carbocycles. The minimum absolute atomic E-state index is 0.294. The van der Waals surface area contributed by atoms with Crippen LogP contribution in [0.1, 0.15) is 17.8 Å². The third-order valence-electron chi connectivity index (χ3n) is 7.46. The number of primary amides is 1. The van der Waals surface area contributed by atoms with Crippen molar-refractivity contribution in [2.75, 3.05) is 52.5 Å². The second-order valence-electron chi connectivity index (χ2n) is 10.00. The number of benzene rings is 2. The number of amides is 2. The molecule has 14 heteroatoms. The van der Waals surface area contributed by atoms with E-state index >= 15 is 0 Å². The molecule has 2 fully saturated rings. The van der Waals surface area contributed by atoms with Crippen LogP contribution in [-0.4, -0.2) is 106 Å². The van der Waals surface area contributed by atoms with Crippen LogP contribution >= 0.6 is 11.6 Å². The molecule has 1 atom stereocenters. The number of halogens is 3. The van der Waals surface area contributed by atoms with Gasteiger partial charge in [0.25, 0.3) is 6.43 Å². The van der Waals surface area contributed by atoms with Crippen LogP contribution < -0.4 is 5.73 Å². The maximum atomic E-state index is 14.6.